The summed E-state index contributed by atoms with van der Waals surface area (Å²) in [5.41, 5.74) is 2.15. The molecule has 1 saturated heterocycles. The molecule has 1 N–H and O–H groups in total. The molecule has 29 heavy (non-hydrogen) atoms. The molecule has 0 spiro atoms. The van der Waals surface area contributed by atoms with E-state index in [0.29, 0.717) is 11.5 Å². The van der Waals surface area contributed by atoms with Crippen LogP contribution >= 0.6 is 15.9 Å². The van der Waals surface area contributed by atoms with Crippen molar-refractivity contribution in [2.24, 2.45) is 0 Å². The fourth-order valence-electron chi connectivity index (χ4n) is 3.82. The molecule has 7 heteroatoms. The highest BCUT2D eigenvalue weighted by atomic mass is 79.9. The van der Waals surface area contributed by atoms with Crippen molar-refractivity contribution in [2.75, 3.05) is 54.6 Å². The molecule has 1 fully saturated rings. The van der Waals surface area contributed by atoms with Gasteiger partial charge in [0.2, 0.25) is 0 Å². The molecule has 0 aromatic heterocycles. The minimum Gasteiger partial charge on any atom is -0.497 e. The molecule has 0 bridgehead atoms. The lowest BCUT2D eigenvalue weighted by atomic mass is 9.95. The van der Waals surface area contributed by atoms with Gasteiger partial charge in [0.25, 0.3) is 0 Å². The van der Waals surface area contributed by atoms with Crippen LogP contribution in [-0.4, -0.2) is 59.5 Å². The molecular formula is C22H29BrN2O4. The van der Waals surface area contributed by atoms with Gasteiger partial charge in [0, 0.05) is 29.7 Å². The molecule has 2 aromatic carbocycles. The van der Waals surface area contributed by atoms with E-state index < -0.39 is 0 Å². The molecule has 0 radical (unpaired) electrons. The lowest BCUT2D eigenvalue weighted by Gasteiger charge is -2.33. The predicted molar refractivity (Wildman–Crippen MR) is 118 cm³/mol. The Hall–Kier alpha value is -1.96. The summed E-state index contributed by atoms with van der Waals surface area (Å²) in [6, 6.07) is 9.92. The second-order valence-electron chi connectivity index (χ2n) is 6.88. The van der Waals surface area contributed by atoms with Gasteiger partial charge in [-0.25, -0.2) is 0 Å². The Morgan fingerprint density at radius 2 is 1.55 bits per heavy atom. The van der Waals surface area contributed by atoms with E-state index in [1.54, 1.807) is 28.4 Å². The van der Waals surface area contributed by atoms with Crippen molar-refractivity contribution < 1.29 is 18.9 Å². The number of methoxy groups -OCH3 is 4. The first kappa shape index (κ1) is 21.7. The van der Waals surface area contributed by atoms with E-state index in [1.807, 2.05) is 24.3 Å². The Bertz CT molecular complexity index is 823. The maximum atomic E-state index is 5.74. The highest BCUT2D eigenvalue weighted by molar-refractivity contribution is 9.10. The van der Waals surface area contributed by atoms with Crippen molar-refractivity contribution in [1.82, 2.24) is 10.2 Å². The Kier molecular flexibility index (Phi) is 7.64. The minimum absolute atomic E-state index is 0.0332. The third-order valence-electron chi connectivity index (χ3n) is 5.27. The standard InChI is InChI=1S/C22H29BrN2O4/c1-26-15-6-7-19(27-2)17(12-15)22(25-10-5-8-24-9-11-25)16-13-20(28-3)21(29-4)14-18(16)23/h6-7,12-14,22,24H,5,8-11H2,1-4H3. The molecule has 158 valence electrons. The van der Waals surface area contributed by atoms with E-state index in [-0.39, 0.29) is 6.04 Å². The highest BCUT2D eigenvalue weighted by Gasteiger charge is 2.29. The van der Waals surface area contributed by atoms with Gasteiger partial charge in [-0.2, -0.15) is 0 Å². The van der Waals surface area contributed by atoms with Crippen molar-refractivity contribution in [3.8, 4) is 23.0 Å². The van der Waals surface area contributed by atoms with Crippen molar-refractivity contribution in [1.29, 1.82) is 0 Å². The zero-order valence-corrected chi connectivity index (χ0v) is 19.0. The maximum Gasteiger partial charge on any atom is 0.161 e. The molecule has 2 aromatic rings. The molecule has 1 unspecified atom stereocenters. The van der Waals surface area contributed by atoms with Gasteiger partial charge in [-0.1, -0.05) is 15.9 Å². The average molecular weight is 465 g/mol. The number of nitrogens with zero attached hydrogens (tertiary/aromatic N) is 1. The quantitative estimate of drug-likeness (QED) is 0.670. The van der Waals surface area contributed by atoms with Crippen LogP contribution in [0.2, 0.25) is 0 Å². The lowest BCUT2D eigenvalue weighted by molar-refractivity contribution is 0.234. The monoisotopic (exact) mass is 464 g/mol. The molecule has 1 aliphatic heterocycles. The summed E-state index contributed by atoms with van der Waals surface area (Å²) >= 11 is 3.77. The summed E-state index contributed by atoms with van der Waals surface area (Å²) in [5.74, 6) is 3.02. The van der Waals surface area contributed by atoms with E-state index in [1.165, 1.54) is 0 Å². The molecule has 0 amide bonds. The molecule has 0 aliphatic carbocycles. The minimum atomic E-state index is -0.0332. The lowest BCUT2D eigenvalue weighted by Crippen LogP contribution is -2.33. The fraction of sp³-hybridized carbons (Fsp3) is 0.455. The van der Waals surface area contributed by atoms with Crippen LogP contribution < -0.4 is 24.3 Å². The Morgan fingerprint density at radius 3 is 2.24 bits per heavy atom. The van der Waals surface area contributed by atoms with Gasteiger partial charge in [0.05, 0.1) is 34.5 Å². The Labute approximate surface area is 181 Å². The summed E-state index contributed by atoms with van der Waals surface area (Å²) in [5, 5.41) is 3.49. The van der Waals surface area contributed by atoms with E-state index in [4.69, 9.17) is 18.9 Å². The van der Waals surface area contributed by atoms with Crippen molar-refractivity contribution in [3.05, 3.63) is 45.9 Å². The van der Waals surface area contributed by atoms with E-state index in [9.17, 15) is 0 Å². The van der Waals surface area contributed by atoms with Gasteiger partial charge in [-0.15, -0.1) is 0 Å². The van der Waals surface area contributed by atoms with Crippen molar-refractivity contribution >= 4 is 15.9 Å². The molecular weight excluding hydrogens is 436 g/mol. The van der Waals surface area contributed by atoms with E-state index >= 15 is 0 Å². The molecule has 6 nitrogen and oxygen atoms in total. The number of rotatable bonds is 7. The fourth-order valence-corrected chi connectivity index (χ4v) is 4.36. The smallest absolute Gasteiger partial charge is 0.161 e. The summed E-state index contributed by atoms with van der Waals surface area (Å²) in [6.07, 6.45) is 1.08. The molecule has 1 atom stereocenters. The number of hydrogen-bond donors (Lipinski definition) is 1. The van der Waals surface area contributed by atoms with Gasteiger partial charge in [-0.3, -0.25) is 4.90 Å². The first-order valence-corrected chi connectivity index (χ1v) is 10.5. The van der Waals surface area contributed by atoms with Crippen molar-refractivity contribution in [2.45, 2.75) is 12.5 Å². The molecule has 0 saturated carbocycles. The van der Waals surface area contributed by atoms with Crippen LogP contribution in [0, 0.1) is 0 Å². The van der Waals surface area contributed by atoms with Crippen LogP contribution in [0.5, 0.6) is 23.0 Å². The van der Waals surface area contributed by atoms with Gasteiger partial charge < -0.3 is 24.3 Å². The summed E-state index contributed by atoms with van der Waals surface area (Å²) in [7, 11) is 6.69. The number of ether oxygens (including phenoxy) is 4. The van der Waals surface area contributed by atoms with Gasteiger partial charge >= 0.3 is 0 Å². The molecule has 3 rings (SSSR count). The number of hydrogen-bond acceptors (Lipinski definition) is 6. The SMILES string of the molecule is COc1ccc(OC)c(C(c2cc(OC)c(OC)cc2Br)N2CCCNCC2)c1. The normalized spacial score (nSPS) is 16.0. The average Bonchev–Trinajstić information content (AvgIpc) is 3.04. The predicted octanol–water partition coefficient (Wildman–Crippen LogP) is 3.87. The van der Waals surface area contributed by atoms with Gasteiger partial charge in [0.15, 0.2) is 11.5 Å². The first-order valence-electron chi connectivity index (χ1n) is 9.71. The molecule has 1 heterocycles. The first-order chi connectivity index (χ1) is 14.1. The number of nitrogens with one attached hydrogen (secondary N) is 1. The topological polar surface area (TPSA) is 52.2 Å². The van der Waals surface area contributed by atoms with Crippen LogP contribution in [0.3, 0.4) is 0 Å². The van der Waals surface area contributed by atoms with Crippen LogP contribution in [0.1, 0.15) is 23.6 Å². The highest BCUT2D eigenvalue weighted by Crippen LogP contribution is 2.43. The van der Waals surface area contributed by atoms with Crippen LogP contribution in [0.15, 0.2) is 34.8 Å². The van der Waals surface area contributed by atoms with Crippen LogP contribution in [-0.2, 0) is 0 Å². The van der Waals surface area contributed by atoms with Crippen LogP contribution in [0.25, 0.3) is 0 Å². The van der Waals surface area contributed by atoms with E-state index in [0.717, 1.165) is 59.7 Å². The second-order valence-corrected chi connectivity index (χ2v) is 7.73. The molecule has 1 aliphatic rings. The second kappa shape index (κ2) is 10.2. The maximum absolute atomic E-state index is 5.74. The van der Waals surface area contributed by atoms with Crippen LogP contribution in [0.4, 0.5) is 0 Å². The van der Waals surface area contributed by atoms with Crippen molar-refractivity contribution in [3.63, 3.8) is 0 Å². The zero-order valence-electron chi connectivity index (χ0n) is 17.5. The summed E-state index contributed by atoms with van der Waals surface area (Å²) < 4.78 is 23.3. The van der Waals surface area contributed by atoms with Gasteiger partial charge in [-0.05, 0) is 48.9 Å². The largest absolute Gasteiger partial charge is 0.497 e. The van der Waals surface area contributed by atoms with Gasteiger partial charge in [0.1, 0.15) is 11.5 Å². The number of benzene rings is 2. The number of halogens is 1. The third kappa shape index (κ3) is 4.79. The summed E-state index contributed by atoms with van der Waals surface area (Å²) in [6.45, 7) is 3.85. The Balaban J connectivity index is 2.19. The summed E-state index contributed by atoms with van der Waals surface area (Å²) in [4.78, 5) is 2.48. The zero-order chi connectivity index (χ0) is 20.8. The Morgan fingerprint density at radius 1 is 0.828 bits per heavy atom. The third-order valence-corrected chi connectivity index (χ3v) is 5.96. The van der Waals surface area contributed by atoms with E-state index in [2.05, 4.69) is 32.2 Å².